The zero-order chi connectivity index (χ0) is 15.4. The summed E-state index contributed by atoms with van der Waals surface area (Å²) in [5, 5.41) is 0.570. The number of allylic oxidation sites excluding steroid dienone is 2. The molecule has 0 radical (unpaired) electrons. The third kappa shape index (κ3) is 1.95. The average Bonchev–Trinajstić information content (AvgIpc) is 3.18. The standard InChI is InChI=1S/C19H18O4/c20-17-14-3-1-2-4-16(14)21-9-15(17)18-22-10-19(11-23-18)8-12-5-6-13(19)7-12/h1-6,9,12-13,18H,7-8,10-11H2/t12-,13-,18?,19?/m0/s1. The molecule has 4 nitrogen and oxygen atoms in total. The summed E-state index contributed by atoms with van der Waals surface area (Å²) in [4.78, 5) is 12.6. The van der Waals surface area contributed by atoms with E-state index in [0.717, 1.165) is 6.42 Å². The van der Waals surface area contributed by atoms with E-state index in [1.807, 2.05) is 12.1 Å². The van der Waals surface area contributed by atoms with Crippen LogP contribution >= 0.6 is 0 Å². The van der Waals surface area contributed by atoms with E-state index in [-0.39, 0.29) is 10.8 Å². The first-order valence-electron chi connectivity index (χ1n) is 8.17. The lowest BCUT2D eigenvalue weighted by Gasteiger charge is -2.41. The van der Waals surface area contributed by atoms with Gasteiger partial charge in [-0.25, -0.2) is 0 Å². The van der Waals surface area contributed by atoms with Crippen molar-refractivity contribution >= 4 is 11.0 Å². The zero-order valence-electron chi connectivity index (χ0n) is 12.7. The lowest BCUT2D eigenvalue weighted by atomic mass is 9.76. The molecule has 1 aromatic heterocycles. The molecule has 1 aromatic carbocycles. The summed E-state index contributed by atoms with van der Waals surface area (Å²) >= 11 is 0. The van der Waals surface area contributed by atoms with E-state index in [0.29, 0.717) is 41.6 Å². The van der Waals surface area contributed by atoms with E-state index in [9.17, 15) is 4.79 Å². The van der Waals surface area contributed by atoms with Crippen molar-refractivity contribution in [2.75, 3.05) is 13.2 Å². The van der Waals surface area contributed by atoms with Gasteiger partial charge in [0.2, 0.25) is 5.43 Å². The smallest absolute Gasteiger partial charge is 0.200 e. The first-order chi connectivity index (χ1) is 11.3. The van der Waals surface area contributed by atoms with Crippen LogP contribution in [0.1, 0.15) is 24.7 Å². The zero-order valence-corrected chi connectivity index (χ0v) is 12.7. The van der Waals surface area contributed by atoms with Gasteiger partial charge in [0.15, 0.2) is 6.29 Å². The van der Waals surface area contributed by atoms with Gasteiger partial charge < -0.3 is 13.9 Å². The summed E-state index contributed by atoms with van der Waals surface area (Å²) < 4.78 is 17.5. The molecule has 3 aliphatic rings. The predicted octanol–water partition coefficient (Wildman–Crippen LogP) is 3.42. The van der Waals surface area contributed by atoms with E-state index >= 15 is 0 Å². The number of para-hydroxylation sites is 1. The van der Waals surface area contributed by atoms with Crippen molar-refractivity contribution in [2.45, 2.75) is 19.1 Å². The molecule has 2 fully saturated rings. The lowest BCUT2D eigenvalue weighted by Crippen LogP contribution is -2.42. The summed E-state index contributed by atoms with van der Waals surface area (Å²) in [5.74, 6) is 1.23. The van der Waals surface area contributed by atoms with Crippen LogP contribution in [0.15, 0.2) is 51.9 Å². The van der Waals surface area contributed by atoms with Crippen molar-refractivity contribution in [3.8, 4) is 0 Å². The van der Waals surface area contributed by atoms with Gasteiger partial charge in [-0.15, -0.1) is 0 Å². The minimum atomic E-state index is -0.621. The summed E-state index contributed by atoms with van der Waals surface area (Å²) in [7, 11) is 0. The Balaban J connectivity index is 1.43. The van der Waals surface area contributed by atoms with Gasteiger partial charge in [-0.05, 0) is 36.8 Å². The van der Waals surface area contributed by atoms with Crippen molar-refractivity contribution < 1.29 is 13.9 Å². The van der Waals surface area contributed by atoms with Crippen molar-refractivity contribution in [3.63, 3.8) is 0 Å². The Bertz CT molecular complexity index is 842. The number of ether oxygens (including phenoxy) is 2. The summed E-state index contributed by atoms with van der Waals surface area (Å²) in [6, 6.07) is 7.25. The summed E-state index contributed by atoms with van der Waals surface area (Å²) in [6.45, 7) is 1.30. The second-order valence-corrected chi connectivity index (χ2v) is 7.02. The molecule has 2 aromatic rings. The lowest BCUT2D eigenvalue weighted by molar-refractivity contribution is -0.240. The van der Waals surface area contributed by atoms with E-state index in [1.165, 1.54) is 12.7 Å². The van der Waals surface area contributed by atoms with Gasteiger partial charge in [0, 0.05) is 5.41 Å². The highest BCUT2D eigenvalue weighted by Gasteiger charge is 2.51. The van der Waals surface area contributed by atoms with Gasteiger partial charge in [0.05, 0.1) is 24.2 Å². The van der Waals surface area contributed by atoms with Crippen molar-refractivity contribution in [2.24, 2.45) is 17.3 Å². The van der Waals surface area contributed by atoms with Crippen LogP contribution in [0.2, 0.25) is 0 Å². The van der Waals surface area contributed by atoms with Gasteiger partial charge in [-0.1, -0.05) is 24.3 Å². The monoisotopic (exact) mass is 310 g/mol. The molecule has 118 valence electrons. The van der Waals surface area contributed by atoms with Crippen molar-refractivity contribution in [3.05, 3.63) is 58.5 Å². The Morgan fingerprint density at radius 1 is 1.09 bits per heavy atom. The van der Waals surface area contributed by atoms with Gasteiger partial charge in [0.1, 0.15) is 11.8 Å². The predicted molar refractivity (Wildman–Crippen MR) is 84.9 cm³/mol. The van der Waals surface area contributed by atoms with Crippen molar-refractivity contribution in [1.82, 2.24) is 0 Å². The number of rotatable bonds is 1. The van der Waals surface area contributed by atoms with Crippen LogP contribution in [0, 0.1) is 17.3 Å². The van der Waals surface area contributed by atoms with Crippen LogP contribution < -0.4 is 5.43 Å². The second kappa shape index (κ2) is 4.79. The molecule has 1 spiro atoms. The number of hydrogen-bond donors (Lipinski definition) is 0. The molecule has 2 atom stereocenters. The van der Waals surface area contributed by atoms with Gasteiger partial charge in [0.25, 0.3) is 0 Å². The third-order valence-electron chi connectivity index (χ3n) is 5.63. The van der Waals surface area contributed by atoms with Crippen LogP contribution in [0.3, 0.4) is 0 Å². The quantitative estimate of drug-likeness (QED) is 0.757. The molecular weight excluding hydrogens is 292 g/mol. The average molecular weight is 310 g/mol. The third-order valence-corrected chi connectivity index (χ3v) is 5.63. The Hall–Kier alpha value is -1.91. The number of hydrogen-bond acceptors (Lipinski definition) is 4. The molecule has 2 aliphatic carbocycles. The normalized spacial score (nSPS) is 35.4. The number of benzene rings is 1. The molecule has 0 unspecified atom stereocenters. The maximum Gasteiger partial charge on any atom is 0.200 e. The SMILES string of the molecule is O=c1c(C2OCC3(CO2)C[C@H]2C=C[C@H]3C2)coc2ccccc12. The molecule has 23 heavy (non-hydrogen) atoms. The maximum absolute atomic E-state index is 12.6. The molecule has 1 saturated heterocycles. The van der Waals surface area contributed by atoms with E-state index < -0.39 is 6.29 Å². The van der Waals surface area contributed by atoms with Gasteiger partial charge >= 0.3 is 0 Å². The molecule has 2 heterocycles. The van der Waals surface area contributed by atoms with Crippen LogP contribution in [-0.4, -0.2) is 13.2 Å². The molecule has 0 N–H and O–H groups in total. The summed E-state index contributed by atoms with van der Waals surface area (Å²) in [5.41, 5.74) is 1.08. The Labute approximate surface area is 133 Å². The van der Waals surface area contributed by atoms with Crippen LogP contribution in [0.25, 0.3) is 11.0 Å². The van der Waals surface area contributed by atoms with Crippen LogP contribution in [0.4, 0.5) is 0 Å². The molecule has 2 bridgehead atoms. The Kier molecular flexibility index (Phi) is 2.82. The summed E-state index contributed by atoms with van der Waals surface area (Å²) in [6.07, 6.45) is 7.84. The van der Waals surface area contributed by atoms with E-state index in [4.69, 9.17) is 13.9 Å². The highest BCUT2D eigenvalue weighted by molar-refractivity contribution is 5.76. The first-order valence-corrected chi connectivity index (χ1v) is 8.17. The fraction of sp³-hybridized carbons (Fsp3) is 0.421. The number of fused-ring (bicyclic) bond motifs is 4. The van der Waals surface area contributed by atoms with Crippen molar-refractivity contribution in [1.29, 1.82) is 0 Å². The molecule has 4 heteroatoms. The largest absolute Gasteiger partial charge is 0.464 e. The first kappa shape index (κ1) is 13.5. The topological polar surface area (TPSA) is 48.7 Å². The molecule has 5 rings (SSSR count). The fourth-order valence-corrected chi connectivity index (χ4v) is 4.39. The molecule has 1 saturated carbocycles. The highest BCUT2D eigenvalue weighted by atomic mass is 16.7. The fourth-order valence-electron chi connectivity index (χ4n) is 4.39. The highest BCUT2D eigenvalue weighted by Crippen LogP contribution is 2.54. The molecular formula is C19H18O4. The second-order valence-electron chi connectivity index (χ2n) is 7.02. The molecule has 1 aliphatic heterocycles. The Morgan fingerprint density at radius 3 is 2.65 bits per heavy atom. The molecule has 0 amide bonds. The minimum absolute atomic E-state index is 0.0689. The van der Waals surface area contributed by atoms with E-state index in [2.05, 4.69) is 12.2 Å². The van der Waals surface area contributed by atoms with Gasteiger partial charge in [-0.2, -0.15) is 0 Å². The minimum Gasteiger partial charge on any atom is -0.464 e. The maximum atomic E-state index is 12.6. The van der Waals surface area contributed by atoms with Gasteiger partial charge in [-0.3, -0.25) is 4.79 Å². The van der Waals surface area contributed by atoms with Crippen LogP contribution in [-0.2, 0) is 9.47 Å². The Morgan fingerprint density at radius 2 is 1.91 bits per heavy atom. The van der Waals surface area contributed by atoms with E-state index in [1.54, 1.807) is 12.1 Å². The van der Waals surface area contributed by atoms with Crippen LogP contribution in [0.5, 0.6) is 0 Å².